The fourth-order valence-electron chi connectivity index (χ4n) is 1.92. The molecule has 0 unspecified atom stereocenters. The van der Waals surface area contributed by atoms with Crippen molar-refractivity contribution in [1.82, 2.24) is 4.90 Å². The van der Waals surface area contributed by atoms with Crippen LogP contribution in [-0.4, -0.2) is 45.7 Å². The van der Waals surface area contributed by atoms with E-state index < -0.39 is 11.6 Å². The molecule has 0 fully saturated rings. The molecule has 0 spiro atoms. The molecule has 114 valence electrons. The molecule has 2 N–H and O–H groups in total. The van der Waals surface area contributed by atoms with Crippen LogP contribution < -0.4 is 0 Å². The van der Waals surface area contributed by atoms with Crippen LogP contribution in [0.15, 0.2) is 30.3 Å². The highest BCUT2D eigenvalue weighted by atomic mass is 16.4. The molecule has 0 aliphatic heterocycles. The molecule has 0 aliphatic rings. The second kappa shape index (κ2) is 7.04. The average molecular weight is 291 g/mol. The number of aliphatic carboxylic acids is 1. The molecular weight excluding hydrogens is 270 g/mol. The van der Waals surface area contributed by atoms with E-state index in [0.717, 1.165) is 6.08 Å². The largest absolute Gasteiger partial charge is 0.478 e. The molecule has 0 bridgehead atoms. The molecule has 5 nitrogen and oxygen atoms in total. The first-order valence-electron chi connectivity index (χ1n) is 6.75. The Balaban J connectivity index is 2.96. The maximum atomic E-state index is 12.4. The third-order valence-corrected chi connectivity index (χ3v) is 2.80. The monoisotopic (exact) mass is 291 g/mol. The van der Waals surface area contributed by atoms with Crippen molar-refractivity contribution in [1.29, 1.82) is 0 Å². The van der Waals surface area contributed by atoms with Crippen molar-refractivity contribution < 1.29 is 19.8 Å². The van der Waals surface area contributed by atoms with Gasteiger partial charge in [0.1, 0.15) is 0 Å². The first kappa shape index (κ1) is 16.9. The SMILES string of the molecule is CCN(CC(C)(C)O)C(=O)c1cccc(C=CC(=O)O)c1. The van der Waals surface area contributed by atoms with E-state index in [2.05, 4.69) is 0 Å². The van der Waals surface area contributed by atoms with Gasteiger partial charge < -0.3 is 15.1 Å². The van der Waals surface area contributed by atoms with Crippen LogP contribution in [0.25, 0.3) is 6.08 Å². The van der Waals surface area contributed by atoms with Crippen molar-refractivity contribution in [2.75, 3.05) is 13.1 Å². The molecule has 21 heavy (non-hydrogen) atoms. The summed E-state index contributed by atoms with van der Waals surface area (Å²) in [6.07, 6.45) is 2.46. The first-order chi connectivity index (χ1) is 9.73. The normalized spacial score (nSPS) is 11.6. The lowest BCUT2D eigenvalue weighted by atomic mass is 10.1. The van der Waals surface area contributed by atoms with Crippen molar-refractivity contribution in [3.05, 3.63) is 41.5 Å². The zero-order chi connectivity index (χ0) is 16.0. The van der Waals surface area contributed by atoms with Crippen molar-refractivity contribution in [2.45, 2.75) is 26.4 Å². The van der Waals surface area contributed by atoms with Gasteiger partial charge in [-0.05, 0) is 44.5 Å². The van der Waals surface area contributed by atoms with Crippen LogP contribution in [0.2, 0.25) is 0 Å². The molecule has 0 aromatic heterocycles. The minimum absolute atomic E-state index is 0.190. The summed E-state index contributed by atoms with van der Waals surface area (Å²) < 4.78 is 0. The highest BCUT2D eigenvalue weighted by molar-refractivity contribution is 5.95. The molecule has 0 atom stereocenters. The molecule has 0 radical (unpaired) electrons. The Hall–Kier alpha value is -2.14. The van der Waals surface area contributed by atoms with Gasteiger partial charge in [-0.3, -0.25) is 4.79 Å². The fraction of sp³-hybridized carbons (Fsp3) is 0.375. The Labute approximate surface area is 124 Å². The summed E-state index contributed by atoms with van der Waals surface area (Å²) in [6.45, 7) is 5.86. The summed E-state index contributed by atoms with van der Waals surface area (Å²) in [5, 5.41) is 18.5. The number of amides is 1. The molecule has 0 saturated carbocycles. The van der Waals surface area contributed by atoms with Crippen LogP contribution >= 0.6 is 0 Å². The van der Waals surface area contributed by atoms with E-state index in [9.17, 15) is 14.7 Å². The van der Waals surface area contributed by atoms with E-state index in [-0.39, 0.29) is 12.5 Å². The van der Waals surface area contributed by atoms with E-state index in [1.54, 1.807) is 43.0 Å². The Morgan fingerprint density at radius 1 is 1.33 bits per heavy atom. The fourth-order valence-corrected chi connectivity index (χ4v) is 1.92. The van der Waals surface area contributed by atoms with E-state index >= 15 is 0 Å². The van der Waals surface area contributed by atoms with Crippen LogP contribution in [0.1, 0.15) is 36.7 Å². The first-order valence-corrected chi connectivity index (χ1v) is 6.75. The zero-order valence-electron chi connectivity index (χ0n) is 12.5. The Bertz CT molecular complexity index is 543. The molecule has 1 amide bonds. The maximum absolute atomic E-state index is 12.4. The number of aliphatic hydroxyl groups is 1. The van der Waals surface area contributed by atoms with E-state index in [4.69, 9.17) is 5.11 Å². The van der Waals surface area contributed by atoms with Gasteiger partial charge in [-0.1, -0.05) is 12.1 Å². The van der Waals surface area contributed by atoms with Gasteiger partial charge in [0.05, 0.1) is 5.60 Å². The number of carbonyl (C=O) groups is 2. The van der Waals surface area contributed by atoms with Gasteiger partial charge in [0.25, 0.3) is 5.91 Å². The van der Waals surface area contributed by atoms with Crippen LogP contribution in [0.3, 0.4) is 0 Å². The van der Waals surface area contributed by atoms with E-state index in [0.29, 0.717) is 17.7 Å². The van der Waals surface area contributed by atoms with Crippen molar-refractivity contribution in [3.63, 3.8) is 0 Å². The summed E-state index contributed by atoms with van der Waals surface area (Å²) >= 11 is 0. The number of likely N-dealkylation sites (N-methyl/N-ethyl adjacent to an activating group) is 1. The van der Waals surface area contributed by atoms with Gasteiger partial charge in [0.15, 0.2) is 0 Å². The minimum Gasteiger partial charge on any atom is -0.478 e. The van der Waals surface area contributed by atoms with Crippen molar-refractivity contribution in [3.8, 4) is 0 Å². The van der Waals surface area contributed by atoms with E-state index in [1.165, 1.54) is 6.08 Å². The summed E-state index contributed by atoms with van der Waals surface area (Å²) in [6, 6.07) is 6.73. The van der Waals surface area contributed by atoms with Gasteiger partial charge >= 0.3 is 5.97 Å². The summed E-state index contributed by atoms with van der Waals surface area (Å²) in [5.74, 6) is -1.23. The highest BCUT2D eigenvalue weighted by Gasteiger charge is 2.22. The molecule has 0 aliphatic carbocycles. The number of carboxylic acids is 1. The number of nitrogens with zero attached hydrogens (tertiary/aromatic N) is 1. The molecular formula is C16H21NO4. The minimum atomic E-state index is -1.04. The number of carboxylic acid groups (broad SMARTS) is 1. The Morgan fingerprint density at radius 3 is 2.52 bits per heavy atom. The van der Waals surface area contributed by atoms with Crippen LogP contribution in [0.4, 0.5) is 0 Å². The summed E-state index contributed by atoms with van der Waals surface area (Å²) in [5.41, 5.74) is 0.142. The number of carbonyl (C=O) groups excluding carboxylic acids is 1. The summed E-state index contributed by atoms with van der Waals surface area (Å²) in [4.78, 5) is 24.5. The van der Waals surface area contributed by atoms with Gasteiger partial charge in [-0.15, -0.1) is 0 Å². The van der Waals surface area contributed by atoms with E-state index in [1.807, 2.05) is 6.92 Å². The molecule has 0 heterocycles. The number of benzene rings is 1. The Kier molecular flexibility index (Phi) is 5.67. The predicted molar refractivity (Wildman–Crippen MR) is 81.0 cm³/mol. The molecule has 1 rings (SSSR count). The second-order valence-corrected chi connectivity index (χ2v) is 5.43. The topological polar surface area (TPSA) is 77.8 Å². The van der Waals surface area contributed by atoms with Gasteiger partial charge in [0, 0.05) is 24.7 Å². The van der Waals surface area contributed by atoms with Gasteiger partial charge in [-0.2, -0.15) is 0 Å². The lowest BCUT2D eigenvalue weighted by Crippen LogP contribution is -2.42. The molecule has 0 saturated heterocycles. The third-order valence-electron chi connectivity index (χ3n) is 2.80. The average Bonchev–Trinajstić information content (AvgIpc) is 2.41. The van der Waals surface area contributed by atoms with Gasteiger partial charge in [0.2, 0.25) is 0 Å². The summed E-state index contributed by atoms with van der Waals surface area (Å²) in [7, 11) is 0. The van der Waals surface area contributed by atoms with Crippen molar-refractivity contribution in [2.24, 2.45) is 0 Å². The lowest BCUT2D eigenvalue weighted by Gasteiger charge is -2.28. The third kappa shape index (κ3) is 5.79. The molecule has 1 aromatic rings. The standard InChI is InChI=1S/C16H21NO4/c1-4-17(11-16(2,3)21)15(20)13-7-5-6-12(10-13)8-9-14(18)19/h5-10,21H,4,11H2,1-3H3,(H,18,19). The Morgan fingerprint density at radius 2 is 2.00 bits per heavy atom. The van der Waals surface area contributed by atoms with Gasteiger partial charge in [-0.25, -0.2) is 4.79 Å². The smallest absolute Gasteiger partial charge is 0.328 e. The maximum Gasteiger partial charge on any atom is 0.328 e. The highest BCUT2D eigenvalue weighted by Crippen LogP contribution is 2.13. The second-order valence-electron chi connectivity index (χ2n) is 5.43. The number of rotatable bonds is 6. The number of hydrogen-bond acceptors (Lipinski definition) is 3. The number of hydrogen-bond donors (Lipinski definition) is 2. The molecule has 5 heteroatoms. The van der Waals surface area contributed by atoms with Crippen molar-refractivity contribution >= 4 is 18.0 Å². The quantitative estimate of drug-likeness (QED) is 0.786. The van der Waals surface area contributed by atoms with Crippen LogP contribution in [-0.2, 0) is 4.79 Å². The van der Waals surface area contributed by atoms with Crippen LogP contribution in [0.5, 0.6) is 0 Å². The van der Waals surface area contributed by atoms with Crippen LogP contribution in [0, 0.1) is 0 Å². The zero-order valence-corrected chi connectivity index (χ0v) is 12.5. The predicted octanol–water partition coefficient (Wildman–Crippen LogP) is 2.02. The molecule has 1 aromatic carbocycles. The lowest BCUT2D eigenvalue weighted by molar-refractivity contribution is -0.131.